The zero-order valence-corrected chi connectivity index (χ0v) is 26.8. The first-order valence-corrected chi connectivity index (χ1v) is 19.7. The van der Waals surface area contributed by atoms with E-state index in [1.807, 2.05) is 30.3 Å². The Kier molecular flexibility index (Phi) is 8.75. The van der Waals surface area contributed by atoms with Gasteiger partial charge in [-0.25, -0.2) is 0 Å². The van der Waals surface area contributed by atoms with Crippen LogP contribution in [0.4, 0.5) is 0 Å². The molecule has 0 heterocycles. The molecule has 0 aliphatic heterocycles. The lowest BCUT2D eigenvalue weighted by Crippen LogP contribution is -2.44. The molecule has 1 amide bonds. The highest BCUT2D eigenvalue weighted by atomic mass is 28.4. The summed E-state index contributed by atoms with van der Waals surface area (Å²) < 4.78 is 13.6. The fourth-order valence-electron chi connectivity index (χ4n) is 4.29. The van der Waals surface area contributed by atoms with Crippen molar-refractivity contribution in [1.82, 2.24) is 5.32 Å². The Morgan fingerprint density at radius 1 is 0.784 bits per heavy atom. The average molecular weight is 540 g/mol. The maximum Gasteiger partial charge on any atom is 0.251 e. The Morgan fingerprint density at radius 3 is 1.86 bits per heavy atom. The first-order valence-electron chi connectivity index (χ1n) is 13.9. The van der Waals surface area contributed by atoms with Crippen LogP contribution < -0.4 is 14.2 Å². The molecule has 1 saturated carbocycles. The predicted octanol–water partition coefficient (Wildman–Crippen LogP) is 8.91. The molecular formula is C31H49NO3Si2. The highest BCUT2D eigenvalue weighted by Gasteiger charge is 2.41. The Bertz CT molecular complexity index is 1060. The minimum atomic E-state index is -2.03. The second kappa shape index (κ2) is 11.0. The number of amides is 1. The van der Waals surface area contributed by atoms with Gasteiger partial charge in [0.05, 0.1) is 0 Å². The Balaban J connectivity index is 1.80. The van der Waals surface area contributed by atoms with Crippen molar-refractivity contribution in [3.8, 4) is 11.5 Å². The molecule has 1 N–H and O–H groups in total. The second-order valence-corrected chi connectivity index (χ2v) is 23.3. The van der Waals surface area contributed by atoms with E-state index in [0.717, 1.165) is 42.7 Å². The first kappa shape index (κ1) is 29.5. The SMILES string of the molecule is CC(C)(C)[Si](C)(C)Oc1ccc([C@H]2CC[C@@H](NC(=O)c3ccccc3)CC2)c(O[Si](C)(C)C(C)(C)C)c1. The van der Waals surface area contributed by atoms with Crippen LogP contribution >= 0.6 is 0 Å². The Morgan fingerprint density at radius 2 is 1.32 bits per heavy atom. The van der Waals surface area contributed by atoms with Crippen LogP contribution in [0.25, 0.3) is 0 Å². The van der Waals surface area contributed by atoms with Crippen molar-refractivity contribution in [2.45, 2.75) is 115 Å². The maximum atomic E-state index is 12.7. The molecule has 0 atom stereocenters. The summed E-state index contributed by atoms with van der Waals surface area (Å²) in [6.45, 7) is 22.9. The summed E-state index contributed by atoms with van der Waals surface area (Å²) in [5.74, 6) is 2.37. The molecule has 2 aromatic rings. The van der Waals surface area contributed by atoms with E-state index in [1.165, 1.54) is 5.56 Å². The van der Waals surface area contributed by atoms with Gasteiger partial charge in [0.15, 0.2) is 0 Å². The summed E-state index contributed by atoms with van der Waals surface area (Å²) in [5.41, 5.74) is 2.02. The monoisotopic (exact) mass is 539 g/mol. The third-order valence-electron chi connectivity index (χ3n) is 8.87. The van der Waals surface area contributed by atoms with Crippen molar-refractivity contribution < 1.29 is 13.6 Å². The summed E-state index contributed by atoms with van der Waals surface area (Å²) in [7, 11) is -3.99. The number of nitrogens with one attached hydrogen (secondary N) is 1. The van der Waals surface area contributed by atoms with Crippen molar-refractivity contribution in [2.24, 2.45) is 0 Å². The van der Waals surface area contributed by atoms with Crippen molar-refractivity contribution >= 4 is 22.5 Å². The molecule has 0 spiro atoms. The molecule has 0 unspecified atom stereocenters. The average Bonchev–Trinajstić information content (AvgIpc) is 2.78. The molecular weight excluding hydrogens is 491 g/mol. The van der Waals surface area contributed by atoms with Crippen LogP contribution in [0.5, 0.6) is 11.5 Å². The molecule has 0 bridgehead atoms. The molecule has 0 radical (unpaired) electrons. The third kappa shape index (κ3) is 7.29. The van der Waals surface area contributed by atoms with Gasteiger partial charge in [0.1, 0.15) is 11.5 Å². The molecule has 204 valence electrons. The lowest BCUT2D eigenvalue weighted by atomic mass is 9.81. The van der Waals surface area contributed by atoms with E-state index in [4.69, 9.17) is 8.85 Å². The summed E-state index contributed by atoms with van der Waals surface area (Å²) >= 11 is 0. The van der Waals surface area contributed by atoms with Gasteiger partial charge in [0.25, 0.3) is 5.91 Å². The Hall–Kier alpha value is -2.06. The molecule has 0 aromatic heterocycles. The number of carbonyl (C=O) groups is 1. The lowest BCUT2D eigenvalue weighted by Gasteiger charge is -2.39. The molecule has 1 aliphatic rings. The van der Waals surface area contributed by atoms with Crippen LogP contribution in [-0.2, 0) is 0 Å². The number of hydrogen-bond donors (Lipinski definition) is 1. The lowest BCUT2D eigenvalue weighted by molar-refractivity contribution is 0.0925. The third-order valence-corrected chi connectivity index (χ3v) is 17.6. The molecule has 3 rings (SSSR count). The van der Waals surface area contributed by atoms with Gasteiger partial charge in [-0.05, 0) is 91.6 Å². The van der Waals surface area contributed by atoms with Gasteiger partial charge in [-0.2, -0.15) is 0 Å². The predicted molar refractivity (Wildman–Crippen MR) is 161 cm³/mol. The van der Waals surface area contributed by atoms with Gasteiger partial charge >= 0.3 is 0 Å². The number of hydrogen-bond acceptors (Lipinski definition) is 3. The molecule has 1 fully saturated rings. The smallest absolute Gasteiger partial charge is 0.251 e. The molecule has 37 heavy (non-hydrogen) atoms. The second-order valence-electron chi connectivity index (χ2n) is 13.8. The van der Waals surface area contributed by atoms with Gasteiger partial charge in [0, 0.05) is 17.7 Å². The fraction of sp³-hybridized carbons (Fsp3) is 0.581. The van der Waals surface area contributed by atoms with Crippen molar-refractivity contribution in [2.75, 3.05) is 0 Å². The highest BCUT2D eigenvalue weighted by molar-refractivity contribution is 6.75. The largest absolute Gasteiger partial charge is 0.543 e. The van der Waals surface area contributed by atoms with E-state index in [0.29, 0.717) is 5.92 Å². The van der Waals surface area contributed by atoms with Gasteiger partial charge in [-0.1, -0.05) is 65.8 Å². The van der Waals surface area contributed by atoms with E-state index >= 15 is 0 Å². The molecule has 0 saturated heterocycles. The zero-order chi connectivity index (χ0) is 27.6. The number of benzene rings is 2. The topological polar surface area (TPSA) is 47.6 Å². The maximum absolute atomic E-state index is 12.7. The van der Waals surface area contributed by atoms with Crippen molar-refractivity contribution in [1.29, 1.82) is 0 Å². The van der Waals surface area contributed by atoms with Crippen LogP contribution in [0.1, 0.15) is 89.1 Å². The first-order chi connectivity index (χ1) is 17.0. The van der Waals surface area contributed by atoms with Gasteiger partial charge in [-0.3, -0.25) is 4.79 Å². The van der Waals surface area contributed by atoms with Crippen LogP contribution in [0.15, 0.2) is 48.5 Å². The van der Waals surface area contributed by atoms with Gasteiger partial charge in [-0.15, -0.1) is 0 Å². The van der Waals surface area contributed by atoms with E-state index in [1.54, 1.807) is 0 Å². The quantitative estimate of drug-likeness (QED) is 0.357. The summed E-state index contributed by atoms with van der Waals surface area (Å²) in [6, 6.07) is 16.3. The standard InChI is InChI=1S/C31H49NO3Si2/c1-30(2,3)36(7,8)34-26-20-21-27(28(22-26)35-37(9,10)31(4,5)6)23-16-18-25(19-17-23)32-29(33)24-14-12-11-13-15-24/h11-15,20-23,25H,16-19H2,1-10H3,(H,32,33)/t23-,25+. The highest BCUT2D eigenvalue weighted by Crippen LogP contribution is 2.45. The summed E-state index contributed by atoms with van der Waals surface area (Å²) in [5, 5.41) is 3.49. The van der Waals surface area contributed by atoms with E-state index < -0.39 is 16.6 Å². The Labute approximate surface area is 227 Å². The fourth-order valence-corrected chi connectivity index (χ4v) is 6.34. The minimum Gasteiger partial charge on any atom is -0.543 e. The van der Waals surface area contributed by atoms with E-state index in [9.17, 15) is 4.79 Å². The molecule has 6 heteroatoms. The number of carbonyl (C=O) groups excluding carboxylic acids is 1. The van der Waals surface area contributed by atoms with E-state index in [2.05, 4.69) is 91.2 Å². The molecule has 4 nitrogen and oxygen atoms in total. The molecule has 1 aliphatic carbocycles. The minimum absolute atomic E-state index is 0.0260. The van der Waals surface area contributed by atoms with Crippen LogP contribution in [-0.4, -0.2) is 28.6 Å². The van der Waals surface area contributed by atoms with Crippen molar-refractivity contribution in [3.05, 3.63) is 59.7 Å². The molecule has 2 aromatic carbocycles. The van der Waals surface area contributed by atoms with Crippen LogP contribution in [0.3, 0.4) is 0 Å². The zero-order valence-electron chi connectivity index (χ0n) is 24.8. The normalized spacial score (nSPS) is 19.3. The number of rotatable bonds is 7. The van der Waals surface area contributed by atoms with E-state index in [-0.39, 0.29) is 22.0 Å². The van der Waals surface area contributed by atoms with Crippen LogP contribution in [0, 0.1) is 0 Å². The summed E-state index contributed by atoms with van der Waals surface area (Å²) in [6.07, 6.45) is 4.03. The van der Waals surface area contributed by atoms with Gasteiger partial charge < -0.3 is 14.2 Å². The van der Waals surface area contributed by atoms with Gasteiger partial charge in [0.2, 0.25) is 16.6 Å². The van der Waals surface area contributed by atoms with Crippen LogP contribution in [0.2, 0.25) is 36.3 Å². The summed E-state index contributed by atoms with van der Waals surface area (Å²) in [4.78, 5) is 12.7. The van der Waals surface area contributed by atoms with Crippen molar-refractivity contribution in [3.63, 3.8) is 0 Å².